The number of benzene rings is 1. The minimum atomic E-state index is -0.383. The van der Waals surface area contributed by atoms with E-state index in [-0.39, 0.29) is 49.1 Å². The first-order valence-corrected chi connectivity index (χ1v) is 13.0. The molecule has 0 aliphatic carbocycles. The van der Waals surface area contributed by atoms with Gasteiger partial charge in [-0.15, -0.1) is 4.37 Å². The van der Waals surface area contributed by atoms with E-state index in [1.54, 1.807) is 12.1 Å². The van der Waals surface area contributed by atoms with Crippen molar-refractivity contribution in [3.05, 3.63) is 41.6 Å². The molecule has 0 bridgehead atoms. The maximum atomic E-state index is 12.5. The first-order chi connectivity index (χ1) is 16.9. The molecular formula is C26H36IN3O5S. The van der Waals surface area contributed by atoms with Gasteiger partial charge in [0.15, 0.2) is 0 Å². The molecule has 0 amide bonds. The van der Waals surface area contributed by atoms with Gasteiger partial charge in [0, 0.05) is 25.3 Å². The average molecular weight is 630 g/mol. The maximum Gasteiger partial charge on any atom is 0.310 e. The number of rotatable bonds is 13. The number of hydrogen-bond acceptors (Lipinski definition) is 8. The lowest BCUT2D eigenvalue weighted by Gasteiger charge is -2.36. The zero-order chi connectivity index (χ0) is 25.1. The van der Waals surface area contributed by atoms with Crippen molar-refractivity contribution in [3.8, 4) is 11.6 Å². The summed E-state index contributed by atoms with van der Waals surface area (Å²) in [5.74, 6) is 0.434. The Hall–Kier alpha value is -2.05. The van der Waals surface area contributed by atoms with Crippen LogP contribution >= 0.6 is 11.7 Å². The molecule has 1 aromatic carbocycles. The van der Waals surface area contributed by atoms with Crippen LogP contribution in [-0.4, -0.2) is 58.6 Å². The number of carbonyl (C=O) groups excluding carboxylic acids is 2. The van der Waals surface area contributed by atoms with Crippen LogP contribution in [0.5, 0.6) is 11.6 Å². The molecule has 0 spiro atoms. The number of aryl methyl sites for hydroxylation is 1. The van der Waals surface area contributed by atoms with E-state index in [0.29, 0.717) is 35.7 Å². The highest BCUT2D eigenvalue weighted by Gasteiger charge is 2.31. The Morgan fingerprint density at radius 2 is 1.94 bits per heavy atom. The van der Waals surface area contributed by atoms with Crippen LogP contribution in [0, 0.1) is 0 Å². The Kier molecular flexibility index (Phi) is 12.8. The Balaban J connectivity index is 0.00000456. The van der Waals surface area contributed by atoms with Gasteiger partial charge in [0.05, 0.1) is 31.9 Å². The number of aromatic nitrogens is 2. The normalized spacial score (nSPS) is 17.0. The van der Waals surface area contributed by atoms with Crippen LogP contribution in [0.15, 0.2) is 30.3 Å². The van der Waals surface area contributed by atoms with Gasteiger partial charge in [0.1, 0.15) is 18.0 Å². The van der Waals surface area contributed by atoms with Crippen LogP contribution < -0.4 is 33.5 Å². The van der Waals surface area contributed by atoms with E-state index in [0.717, 1.165) is 42.6 Å². The first kappa shape index (κ1) is 30.2. The molecule has 0 fully saturated rings. The van der Waals surface area contributed by atoms with Crippen LogP contribution in [-0.2, 0) is 20.7 Å². The van der Waals surface area contributed by atoms with Crippen LogP contribution in [0.25, 0.3) is 5.57 Å². The molecule has 1 aliphatic heterocycles. The van der Waals surface area contributed by atoms with Crippen molar-refractivity contribution < 1.29 is 52.3 Å². The predicted octanol–water partition coefficient (Wildman–Crippen LogP) is 1.79. The van der Waals surface area contributed by atoms with Gasteiger partial charge in [0.2, 0.25) is 6.73 Å². The van der Waals surface area contributed by atoms with Crippen LogP contribution in [0.2, 0.25) is 0 Å². The highest BCUT2D eigenvalue weighted by Crippen LogP contribution is 2.30. The molecule has 10 heteroatoms. The van der Waals surface area contributed by atoms with Gasteiger partial charge in [-0.2, -0.15) is 4.37 Å². The summed E-state index contributed by atoms with van der Waals surface area (Å²) in [6, 6.07) is 7.24. The van der Waals surface area contributed by atoms with E-state index in [4.69, 9.17) is 14.2 Å². The second kappa shape index (κ2) is 15.3. The molecule has 198 valence electrons. The van der Waals surface area contributed by atoms with Gasteiger partial charge in [-0.05, 0) is 24.5 Å². The quantitative estimate of drug-likeness (QED) is 0.110. The predicted molar refractivity (Wildman–Crippen MR) is 135 cm³/mol. The molecule has 1 aliphatic rings. The average Bonchev–Trinajstić information content (AvgIpc) is 3.30. The molecule has 3 rings (SSSR count). The summed E-state index contributed by atoms with van der Waals surface area (Å²) in [5, 5.41) is 0. The highest BCUT2D eigenvalue weighted by atomic mass is 127. The van der Waals surface area contributed by atoms with E-state index >= 15 is 0 Å². The number of ether oxygens (including phenoxy) is 3. The second-order valence-electron chi connectivity index (χ2n) is 9.19. The number of para-hydroxylation sites is 1. The summed E-state index contributed by atoms with van der Waals surface area (Å²) < 4.78 is 26.2. The maximum absolute atomic E-state index is 12.5. The number of hydrogen-bond donors (Lipinski definition) is 0. The molecule has 36 heavy (non-hydrogen) atoms. The number of unbranched alkanes of at least 4 members (excludes halogenated alkanes) is 3. The number of halogens is 1. The second-order valence-corrected chi connectivity index (χ2v) is 9.72. The molecule has 2 heterocycles. The summed E-state index contributed by atoms with van der Waals surface area (Å²) in [7, 11) is 2.08. The molecule has 8 nitrogen and oxygen atoms in total. The number of quaternary nitrogens is 1. The van der Waals surface area contributed by atoms with Gasteiger partial charge in [-0.25, -0.2) is 0 Å². The molecule has 0 N–H and O–H groups in total. The van der Waals surface area contributed by atoms with Crippen LogP contribution in [0.4, 0.5) is 0 Å². The summed E-state index contributed by atoms with van der Waals surface area (Å²) in [5.41, 5.74) is 2.70. The van der Waals surface area contributed by atoms with E-state index < -0.39 is 0 Å². The highest BCUT2D eigenvalue weighted by molar-refractivity contribution is 6.99. The van der Waals surface area contributed by atoms with Gasteiger partial charge in [0.25, 0.3) is 5.88 Å². The minimum Gasteiger partial charge on any atom is -1.00 e. The van der Waals surface area contributed by atoms with Crippen molar-refractivity contribution in [1.29, 1.82) is 0 Å². The van der Waals surface area contributed by atoms with Crippen molar-refractivity contribution in [3.63, 3.8) is 0 Å². The van der Waals surface area contributed by atoms with Crippen molar-refractivity contribution in [1.82, 2.24) is 8.75 Å². The largest absolute Gasteiger partial charge is 1.00 e. The van der Waals surface area contributed by atoms with E-state index in [9.17, 15) is 9.59 Å². The third kappa shape index (κ3) is 9.44. The number of esters is 2. The Morgan fingerprint density at radius 1 is 1.14 bits per heavy atom. The molecular weight excluding hydrogens is 593 g/mol. The standard InChI is InChI=1S/C26H36N3O5S.HI/c1-4-5-6-9-17-32-26-25(27-35-28-26)22-12-10-16-29(3,18-22)19-33-24(31)15-14-21-11-7-8-13-23(21)34-20(2)30;/h7-8,11-13H,4-6,9-10,14-19H2,1-3H3;1H/q+1;/p-1. The lowest BCUT2D eigenvalue weighted by Crippen LogP contribution is -3.00. The number of carbonyl (C=O) groups is 2. The minimum absolute atomic E-state index is 0. The van der Waals surface area contributed by atoms with Crippen LogP contribution in [0.3, 0.4) is 0 Å². The molecule has 0 radical (unpaired) electrons. The lowest BCUT2D eigenvalue weighted by molar-refractivity contribution is -0.919. The lowest BCUT2D eigenvalue weighted by atomic mass is 10.1. The van der Waals surface area contributed by atoms with Crippen molar-refractivity contribution in [2.45, 2.75) is 58.8 Å². The van der Waals surface area contributed by atoms with Crippen molar-refractivity contribution in [2.24, 2.45) is 0 Å². The third-order valence-electron chi connectivity index (χ3n) is 5.97. The fourth-order valence-corrected chi connectivity index (χ4v) is 4.59. The van der Waals surface area contributed by atoms with Gasteiger partial charge in [-0.3, -0.25) is 14.1 Å². The van der Waals surface area contributed by atoms with Gasteiger partial charge < -0.3 is 38.2 Å². The molecule has 0 saturated heterocycles. The zero-order valence-electron chi connectivity index (χ0n) is 21.3. The number of nitrogens with zero attached hydrogens (tertiary/aromatic N) is 3. The summed E-state index contributed by atoms with van der Waals surface area (Å²) >= 11 is 1.17. The molecule has 1 aromatic heterocycles. The fraction of sp³-hybridized carbons (Fsp3) is 0.538. The van der Waals surface area contributed by atoms with Crippen LogP contribution in [0.1, 0.15) is 63.6 Å². The third-order valence-corrected chi connectivity index (χ3v) is 6.48. The SMILES string of the molecule is CCCCCCOc1nsnc1C1=CCC[N+](C)(COC(=O)CCc2ccccc2OC(C)=O)C1.[I-]. The first-order valence-electron chi connectivity index (χ1n) is 12.3. The molecule has 1 unspecified atom stereocenters. The Bertz CT molecular complexity index is 1030. The molecule has 1 atom stereocenters. The molecule has 2 aromatic rings. The Morgan fingerprint density at radius 3 is 2.72 bits per heavy atom. The summed E-state index contributed by atoms with van der Waals surface area (Å²) in [4.78, 5) is 23.8. The Labute approximate surface area is 235 Å². The van der Waals surface area contributed by atoms with Crippen molar-refractivity contribution >= 4 is 29.2 Å². The fourth-order valence-electron chi connectivity index (χ4n) is 4.06. The number of likely N-dealkylation sites (N-methyl/N-ethyl adjacent to an activating group) is 1. The van der Waals surface area contributed by atoms with Crippen molar-refractivity contribution in [2.75, 3.05) is 33.5 Å². The summed E-state index contributed by atoms with van der Waals surface area (Å²) in [6.45, 7) is 6.05. The van der Waals surface area contributed by atoms with E-state index in [1.165, 1.54) is 31.5 Å². The van der Waals surface area contributed by atoms with Gasteiger partial charge in [-0.1, -0.05) is 50.5 Å². The van der Waals surface area contributed by atoms with Gasteiger partial charge >= 0.3 is 11.9 Å². The zero-order valence-corrected chi connectivity index (χ0v) is 24.3. The molecule has 0 saturated carbocycles. The smallest absolute Gasteiger partial charge is 0.310 e. The topological polar surface area (TPSA) is 87.6 Å². The van der Waals surface area contributed by atoms with E-state index in [2.05, 4.69) is 28.8 Å². The van der Waals surface area contributed by atoms with E-state index in [1.807, 2.05) is 12.1 Å². The summed E-state index contributed by atoms with van der Waals surface area (Å²) in [6.07, 6.45) is 8.29. The monoisotopic (exact) mass is 629 g/mol.